The SMILES string of the molecule is CC(C)(C)CC(N=C(NC(=O)O)N1CCOCC1)C(=O)NC1(C#N)CCN(CCc2ccccc2)CC1. The van der Waals surface area contributed by atoms with Gasteiger partial charge in [0, 0.05) is 32.7 Å². The molecular formula is C27H40N6O4. The zero-order valence-electron chi connectivity index (χ0n) is 22.2. The van der Waals surface area contributed by atoms with Gasteiger partial charge in [-0.25, -0.2) is 9.79 Å². The number of hydrogen-bond acceptors (Lipinski definition) is 6. The molecule has 2 aliphatic rings. The number of amides is 2. The first kappa shape index (κ1) is 28.4. The van der Waals surface area contributed by atoms with E-state index in [1.807, 2.05) is 39.0 Å². The van der Waals surface area contributed by atoms with Crippen molar-refractivity contribution < 1.29 is 19.4 Å². The number of benzene rings is 1. The summed E-state index contributed by atoms with van der Waals surface area (Å²) in [6.45, 7) is 10.2. The first-order valence-electron chi connectivity index (χ1n) is 13.0. The average molecular weight is 513 g/mol. The van der Waals surface area contributed by atoms with E-state index >= 15 is 0 Å². The number of hydrogen-bond donors (Lipinski definition) is 3. The Morgan fingerprint density at radius 2 is 1.81 bits per heavy atom. The fourth-order valence-electron chi connectivity index (χ4n) is 4.66. The molecule has 3 rings (SSSR count). The maximum atomic E-state index is 13.5. The second-order valence-corrected chi connectivity index (χ2v) is 11.0. The number of aliphatic imine (C=N–C) groups is 1. The van der Waals surface area contributed by atoms with Crippen LogP contribution in [0.3, 0.4) is 0 Å². The molecule has 0 bridgehead atoms. The average Bonchev–Trinajstić information content (AvgIpc) is 2.87. The van der Waals surface area contributed by atoms with Crippen LogP contribution in [-0.2, 0) is 16.0 Å². The largest absolute Gasteiger partial charge is 0.465 e. The molecule has 0 saturated carbocycles. The lowest BCUT2D eigenvalue weighted by molar-refractivity contribution is -0.124. The van der Waals surface area contributed by atoms with Crippen LogP contribution in [0.15, 0.2) is 35.3 Å². The van der Waals surface area contributed by atoms with E-state index in [0.717, 1.165) is 13.0 Å². The number of rotatable bonds is 7. The second-order valence-electron chi connectivity index (χ2n) is 11.0. The van der Waals surface area contributed by atoms with Crippen molar-refractivity contribution >= 4 is 18.0 Å². The van der Waals surface area contributed by atoms with Crippen LogP contribution in [0.5, 0.6) is 0 Å². The molecular weight excluding hydrogens is 472 g/mol. The monoisotopic (exact) mass is 512 g/mol. The molecule has 0 spiro atoms. The quantitative estimate of drug-likeness (QED) is 0.378. The number of nitrogens with zero attached hydrogens (tertiary/aromatic N) is 4. The van der Waals surface area contributed by atoms with Gasteiger partial charge in [-0.05, 0) is 36.7 Å². The Morgan fingerprint density at radius 1 is 1.16 bits per heavy atom. The van der Waals surface area contributed by atoms with Gasteiger partial charge in [0.25, 0.3) is 0 Å². The number of carboxylic acid groups (broad SMARTS) is 1. The van der Waals surface area contributed by atoms with Crippen LogP contribution in [0.1, 0.15) is 45.6 Å². The van der Waals surface area contributed by atoms with E-state index in [9.17, 15) is 20.0 Å². The molecule has 1 aromatic carbocycles. The van der Waals surface area contributed by atoms with E-state index < -0.39 is 17.7 Å². The zero-order valence-corrected chi connectivity index (χ0v) is 22.2. The minimum atomic E-state index is -1.24. The Kier molecular flexibility index (Phi) is 9.89. The lowest BCUT2D eigenvalue weighted by atomic mass is 9.85. The smallest absolute Gasteiger partial charge is 0.411 e. The zero-order chi connectivity index (χ0) is 26.9. The maximum absolute atomic E-state index is 13.5. The first-order chi connectivity index (χ1) is 17.6. The van der Waals surface area contributed by atoms with Crippen LogP contribution in [0.25, 0.3) is 0 Å². The van der Waals surface area contributed by atoms with Gasteiger partial charge in [0.2, 0.25) is 11.9 Å². The van der Waals surface area contributed by atoms with Gasteiger partial charge < -0.3 is 25.0 Å². The van der Waals surface area contributed by atoms with Crippen molar-refractivity contribution in [2.75, 3.05) is 45.9 Å². The molecule has 0 radical (unpaired) electrons. The molecule has 202 valence electrons. The van der Waals surface area contributed by atoms with Crippen LogP contribution in [0, 0.1) is 16.7 Å². The van der Waals surface area contributed by atoms with Crippen molar-refractivity contribution in [1.82, 2.24) is 20.4 Å². The molecule has 2 saturated heterocycles. The molecule has 1 unspecified atom stereocenters. The molecule has 2 fully saturated rings. The van der Waals surface area contributed by atoms with E-state index in [2.05, 4.69) is 38.7 Å². The summed E-state index contributed by atoms with van der Waals surface area (Å²) in [5.74, 6) is -0.214. The number of carbonyl (C=O) groups is 2. The molecule has 10 heteroatoms. The van der Waals surface area contributed by atoms with Gasteiger partial charge in [0.1, 0.15) is 11.6 Å². The van der Waals surface area contributed by atoms with Gasteiger partial charge in [-0.3, -0.25) is 10.1 Å². The lowest BCUT2D eigenvalue weighted by Crippen LogP contribution is -2.57. The summed E-state index contributed by atoms with van der Waals surface area (Å²) in [6.07, 6.45) is 1.16. The van der Waals surface area contributed by atoms with E-state index in [-0.39, 0.29) is 17.3 Å². The topological polar surface area (TPSA) is 130 Å². The van der Waals surface area contributed by atoms with Crippen molar-refractivity contribution in [2.45, 2.75) is 58.0 Å². The van der Waals surface area contributed by atoms with Crippen LogP contribution in [-0.4, -0.2) is 90.4 Å². The predicted molar refractivity (Wildman–Crippen MR) is 141 cm³/mol. The van der Waals surface area contributed by atoms with E-state index in [1.165, 1.54) is 5.56 Å². The van der Waals surface area contributed by atoms with Crippen molar-refractivity contribution in [3.63, 3.8) is 0 Å². The summed E-state index contributed by atoms with van der Waals surface area (Å²) >= 11 is 0. The normalized spacial score (nSPS) is 19.5. The van der Waals surface area contributed by atoms with Crippen molar-refractivity contribution in [2.24, 2.45) is 10.4 Å². The number of nitrogens with one attached hydrogen (secondary N) is 2. The molecule has 3 N–H and O–H groups in total. The number of piperidine rings is 1. The van der Waals surface area contributed by atoms with Crippen LogP contribution < -0.4 is 10.6 Å². The molecule has 2 heterocycles. The Bertz CT molecular complexity index is 971. The summed E-state index contributed by atoms with van der Waals surface area (Å²) < 4.78 is 5.38. The molecule has 2 amide bonds. The highest BCUT2D eigenvalue weighted by atomic mass is 16.5. The molecule has 2 aliphatic heterocycles. The predicted octanol–water partition coefficient (Wildman–Crippen LogP) is 2.46. The Balaban J connectivity index is 1.70. The number of nitriles is 1. The fraction of sp³-hybridized carbons (Fsp3) is 0.630. The van der Waals surface area contributed by atoms with Crippen LogP contribution in [0.2, 0.25) is 0 Å². The van der Waals surface area contributed by atoms with E-state index in [1.54, 1.807) is 4.90 Å². The molecule has 1 atom stereocenters. The van der Waals surface area contributed by atoms with Gasteiger partial charge >= 0.3 is 6.09 Å². The van der Waals surface area contributed by atoms with Crippen LogP contribution >= 0.6 is 0 Å². The minimum Gasteiger partial charge on any atom is -0.465 e. The van der Waals surface area contributed by atoms with Crippen LogP contribution in [0.4, 0.5) is 4.79 Å². The molecule has 0 aromatic heterocycles. The highest BCUT2D eigenvalue weighted by Crippen LogP contribution is 2.26. The summed E-state index contributed by atoms with van der Waals surface area (Å²) in [5, 5.41) is 24.8. The summed E-state index contributed by atoms with van der Waals surface area (Å²) in [5.41, 5.74) is 0.0680. The Hall–Kier alpha value is -3.16. The van der Waals surface area contributed by atoms with Gasteiger partial charge in [0.05, 0.1) is 19.3 Å². The molecule has 37 heavy (non-hydrogen) atoms. The van der Waals surface area contributed by atoms with Crippen molar-refractivity contribution in [1.29, 1.82) is 5.26 Å². The van der Waals surface area contributed by atoms with E-state index in [4.69, 9.17) is 4.74 Å². The molecule has 10 nitrogen and oxygen atoms in total. The Labute approximate surface area is 219 Å². The number of morpholine rings is 1. The van der Waals surface area contributed by atoms with Gasteiger partial charge in [-0.1, -0.05) is 51.1 Å². The van der Waals surface area contributed by atoms with Gasteiger partial charge in [0.15, 0.2) is 0 Å². The first-order valence-corrected chi connectivity index (χ1v) is 13.0. The maximum Gasteiger partial charge on any atom is 0.411 e. The molecule has 1 aromatic rings. The molecule has 0 aliphatic carbocycles. The highest BCUT2D eigenvalue weighted by Gasteiger charge is 2.38. The van der Waals surface area contributed by atoms with Crippen molar-refractivity contribution in [3.05, 3.63) is 35.9 Å². The number of likely N-dealkylation sites (tertiary alicyclic amines) is 1. The minimum absolute atomic E-state index is 0.141. The van der Waals surface area contributed by atoms with Crippen molar-refractivity contribution in [3.8, 4) is 6.07 Å². The second kappa shape index (κ2) is 12.9. The third kappa shape index (κ3) is 9.02. The van der Waals surface area contributed by atoms with Gasteiger partial charge in [-0.2, -0.15) is 5.26 Å². The summed E-state index contributed by atoms with van der Waals surface area (Å²) in [7, 11) is 0. The Morgan fingerprint density at radius 3 is 2.38 bits per heavy atom. The highest BCUT2D eigenvalue weighted by molar-refractivity contribution is 5.95. The van der Waals surface area contributed by atoms with Gasteiger partial charge in [-0.15, -0.1) is 0 Å². The fourth-order valence-corrected chi connectivity index (χ4v) is 4.66. The third-order valence-electron chi connectivity index (χ3n) is 6.76. The third-order valence-corrected chi connectivity index (χ3v) is 6.76. The number of carbonyl (C=O) groups excluding carboxylic acids is 1. The lowest BCUT2D eigenvalue weighted by Gasteiger charge is -2.38. The summed E-state index contributed by atoms with van der Waals surface area (Å²) in [4.78, 5) is 33.7. The number of ether oxygens (including phenoxy) is 1. The summed E-state index contributed by atoms with van der Waals surface area (Å²) in [6, 6.07) is 11.8. The number of guanidine groups is 1. The standard InChI is InChI=1S/C27H40N6O4/c1-26(2,3)19-22(29-24(30-25(35)36)33-15-17-37-18-16-33)23(34)31-27(20-28)10-13-32(14-11-27)12-9-21-7-5-4-6-8-21/h4-8,22H,9-19H2,1-3H3,(H,29,30)(H,31,34)(H,35,36). The van der Waals surface area contributed by atoms with E-state index in [0.29, 0.717) is 58.7 Å².